The van der Waals surface area contributed by atoms with Crippen molar-refractivity contribution in [3.8, 4) is 11.5 Å². The quantitative estimate of drug-likeness (QED) is 0.894. The number of hydrogen-bond donors (Lipinski definition) is 2. The minimum absolute atomic E-state index is 0.137. The molecule has 108 valence electrons. The first-order chi connectivity index (χ1) is 9.69. The van der Waals surface area contributed by atoms with E-state index in [0.717, 1.165) is 19.3 Å². The van der Waals surface area contributed by atoms with Gasteiger partial charge < -0.3 is 20.5 Å². The Labute approximate surface area is 122 Å². The maximum Gasteiger partial charge on any atom is 0.251 e. The van der Waals surface area contributed by atoms with E-state index in [1.54, 1.807) is 12.1 Å². The van der Waals surface area contributed by atoms with Crippen molar-refractivity contribution in [1.29, 1.82) is 0 Å². The molecule has 0 aromatic heterocycles. The highest BCUT2D eigenvalue weighted by molar-refractivity contribution is 6.32. The van der Waals surface area contributed by atoms with Gasteiger partial charge in [0, 0.05) is 11.6 Å². The lowest BCUT2D eigenvalue weighted by molar-refractivity contribution is 0.0928. The van der Waals surface area contributed by atoms with Gasteiger partial charge in [-0.15, -0.1) is 0 Å². The second-order valence-electron chi connectivity index (χ2n) is 5.20. The topological polar surface area (TPSA) is 73.6 Å². The summed E-state index contributed by atoms with van der Waals surface area (Å²) in [5.74, 6) is 1.24. The summed E-state index contributed by atoms with van der Waals surface area (Å²) in [4.78, 5) is 12.3. The van der Waals surface area contributed by atoms with Crippen molar-refractivity contribution in [3.63, 3.8) is 0 Å². The van der Waals surface area contributed by atoms with Crippen LogP contribution in [-0.2, 0) is 0 Å². The SMILES string of the molecule is NCC1CCCC1NC(=O)c1cc(Cl)c2c(c1)OCO2. The highest BCUT2D eigenvalue weighted by atomic mass is 35.5. The molecular formula is C14H17ClN2O3. The standard InChI is InChI=1S/C14H17ClN2O3/c15-10-4-9(5-12-13(10)20-7-19-12)14(18)17-11-3-1-2-8(11)6-16/h4-5,8,11H,1-3,6-7,16H2,(H,17,18). The molecule has 1 heterocycles. The number of ether oxygens (including phenoxy) is 2. The summed E-state index contributed by atoms with van der Waals surface area (Å²) in [7, 11) is 0. The molecule has 1 aliphatic carbocycles. The molecule has 6 heteroatoms. The number of hydrogen-bond acceptors (Lipinski definition) is 4. The summed E-state index contributed by atoms with van der Waals surface area (Å²) in [5.41, 5.74) is 6.22. The van der Waals surface area contributed by atoms with E-state index in [2.05, 4.69) is 5.32 Å². The number of benzene rings is 1. The first-order valence-corrected chi connectivity index (χ1v) is 7.17. The molecule has 2 unspecified atom stereocenters. The first-order valence-electron chi connectivity index (χ1n) is 6.79. The van der Waals surface area contributed by atoms with Crippen LogP contribution in [0.15, 0.2) is 12.1 Å². The Morgan fingerprint density at radius 2 is 2.25 bits per heavy atom. The van der Waals surface area contributed by atoms with Crippen LogP contribution in [-0.4, -0.2) is 25.3 Å². The lowest BCUT2D eigenvalue weighted by atomic mass is 10.0. The summed E-state index contributed by atoms with van der Waals surface area (Å²) in [5, 5.41) is 3.44. The molecule has 1 aliphatic heterocycles. The summed E-state index contributed by atoms with van der Waals surface area (Å²) in [6.07, 6.45) is 3.16. The van der Waals surface area contributed by atoms with Crippen LogP contribution in [0.25, 0.3) is 0 Å². The minimum Gasteiger partial charge on any atom is -0.454 e. The second kappa shape index (κ2) is 5.50. The predicted octanol–water partition coefficient (Wildman–Crippen LogP) is 1.93. The Hall–Kier alpha value is -1.46. The van der Waals surface area contributed by atoms with Crippen LogP contribution in [0.1, 0.15) is 29.6 Å². The average Bonchev–Trinajstić information content (AvgIpc) is 3.06. The lowest BCUT2D eigenvalue weighted by Gasteiger charge is -2.19. The number of nitrogens with two attached hydrogens (primary N) is 1. The van der Waals surface area contributed by atoms with E-state index in [1.165, 1.54) is 0 Å². The van der Waals surface area contributed by atoms with Gasteiger partial charge in [0.15, 0.2) is 11.5 Å². The smallest absolute Gasteiger partial charge is 0.251 e. The van der Waals surface area contributed by atoms with Crippen molar-refractivity contribution in [1.82, 2.24) is 5.32 Å². The van der Waals surface area contributed by atoms with Crippen LogP contribution in [0, 0.1) is 5.92 Å². The Morgan fingerprint density at radius 3 is 3.05 bits per heavy atom. The molecule has 1 amide bonds. The zero-order valence-electron chi connectivity index (χ0n) is 11.0. The molecule has 0 radical (unpaired) electrons. The zero-order chi connectivity index (χ0) is 14.1. The van der Waals surface area contributed by atoms with Crippen molar-refractivity contribution < 1.29 is 14.3 Å². The number of rotatable bonds is 3. The molecular weight excluding hydrogens is 280 g/mol. The molecule has 2 atom stereocenters. The van der Waals surface area contributed by atoms with Crippen molar-refractivity contribution in [3.05, 3.63) is 22.7 Å². The van der Waals surface area contributed by atoms with Gasteiger partial charge in [0.1, 0.15) is 0 Å². The molecule has 20 heavy (non-hydrogen) atoms. The summed E-state index contributed by atoms with van der Waals surface area (Å²) in [6.45, 7) is 0.741. The van der Waals surface area contributed by atoms with Crippen molar-refractivity contribution in [2.75, 3.05) is 13.3 Å². The molecule has 5 nitrogen and oxygen atoms in total. The van der Waals surface area contributed by atoms with Gasteiger partial charge in [-0.3, -0.25) is 4.79 Å². The minimum atomic E-state index is -0.143. The highest BCUT2D eigenvalue weighted by Gasteiger charge is 2.28. The Balaban J connectivity index is 1.76. The molecule has 1 fully saturated rings. The Kier molecular flexibility index (Phi) is 3.72. The Morgan fingerprint density at radius 1 is 1.40 bits per heavy atom. The molecule has 0 spiro atoms. The van der Waals surface area contributed by atoms with Gasteiger partial charge >= 0.3 is 0 Å². The van der Waals surface area contributed by atoms with Crippen LogP contribution in [0.4, 0.5) is 0 Å². The largest absolute Gasteiger partial charge is 0.454 e. The van der Waals surface area contributed by atoms with Crippen molar-refractivity contribution >= 4 is 17.5 Å². The number of carbonyl (C=O) groups excluding carboxylic acids is 1. The third kappa shape index (κ3) is 2.43. The fourth-order valence-electron chi connectivity index (χ4n) is 2.86. The van der Waals surface area contributed by atoms with Crippen LogP contribution in [0.5, 0.6) is 11.5 Å². The van der Waals surface area contributed by atoms with E-state index >= 15 is 0 Å². The molecule has 3 N–H and O–H groups in total. The molecule has 2 aliphatic rings. The highest BCUT2D eigenvalue weighted by Crippen LogP contribution is 2.39. The van der Waals surface area contributed by atoms with Gasteiger partial charge in [-0.05, 0) is 37.4 Å². The van der Waals surface area contributed by atoms with E-state index in [-0.39, 0.29) is 18.7 Å². The van der Waals surface area contributed by atoms with E-state index in [4.69, 9.17) is 26.8 Å². The Bertz CT molecular complexity index is 535. The van der Waals surface area contributed by atoms with Gasteiger partial charge in [0.25, 0.3) is 5.91 Å². The zero-order valence-corrected chi connectivity index (χ0v) is 11.8. The van der Waals surface area contributed by atoms with Gasteiger partial charge in [-0.25, -0.2) is 0 Å². The number of amides is 1. The monoisotopic (exact) mass is 296 g/mol. The predicted molar refractivity (Wildman–Crippen MR) is 75.2 cm³/mol. The first kappa shape index (κ1) is 13.5. The van der Waals surface area contributed by atoms with Gasteiger partial charge in [-0.1, -0.05) is 18.0 Å². The summed E-state index contributed by atoms with van der Waals surface area (Å²) >= 11 is 6.09. The lowest BCUT2D eigenvalue weighted by Crippen LogP contribution is -2.39. The van der Waals surface area contributed by atoms with E-state index < -0.39 is 0 Å². The molecule has 1 aromatic carbocycles. The molecule has 1 saturated carbocycles. The third-order valence-electron chi connectivity index (χ3n) is 3.97. The second-order valence-corrected chi connectivity index (χ2v) is 5.61. The number of carbonyl (C=O) groups is 1. The summed E-state index contributed by atoms with van der Waals surface area (Å²) in [6, 6.07) is 3.42. The fraction of sp³-hybridized carbons (Fsp3) is 0.500. The maximum absolute atomic E-state index is 12.3. The number of nitrogens with one attached hydrogen (secondary N) is 1. The number of halogens is 1. The van der Waals surface area contributed by atoms with Crippen LogP contribution in [0.3, 0.4) is 0 Å². The van der Waals surface area contributed by atoms with Crippen LogP contribution in [0.2, 0.25) is 5.02 Å². The molecule has 0 bridgehead atoms. The molecule has 3 rings (SSSR count). The van der Waals surface area contributed by atoms with Crippen LogP contribution >= 0.6 is 11.6 Å². The molecule has 1 aromatic rings. The van der Waals surface area contributed by atoms with E-state index in [0.29, 0.717) is 34.5 Å². The van der Waals surface area contributed by atoms with E-state index in [1.807, 2.05) is 0 Å². The third-order valence-corrected chi connectivity index (χ3v) is 4.25. The van der Waals surface area contributed by atoms with Crippen molar-refractivity contribution in [2.24, 2.45) is 11.7 Å². The van der Waals surface area contributed by atoms with E-state index in [9.17, 15) is 4.79 Å². The maximum atomic E-state index is 12.3. The van der Waals surface area contributed by atoms with Gasteiger partial charge in [-0.2, -0.15) is 0 Å². The van der Waals surface area contributed by atoms with Gasteiger partial charge in [0.2, 0.25) is 6.79 Å². The fourth-order valence-corrected chi connectivity index (χ4v) is 3.12. The molecule has 0 saturated heterocycles. The normalized spacial score (nSPS) is 23.9. The summed E-state index contributed by atoms with van der Waals surface area (Å²) < 4.78 is 10.5. The number of fused-ring (bicyclic) bond motifs is 1. The van der Waals surface area contributed by atoms with Gasteiger partial charge in [0.05, 0.1) is 5.02 Å². The van der Waals surface area contributed by atoms with Crippen molar-refractivity contribution in [2.45, 2.75) is 25.3 Å². The van der Waals surface area contributed by atoms with Crippen LogP contribution < -0.4 is 20.5 Å². The average molecular weight is 297 g/mol.